The Bertz CT molecular complexity index is 731. The van der Waals surface area contributed by atoms with E-state index in [-0.39, 0.29) is 5.91 Å². The average molecular weight is 356 g/mol. The van der Waals surface area contributed by atoms with E-state index in [1.54, 1.807) is 11.1 Å². The van der Waals surface area contributed by atoms with Gasteiger partial charge in [-0.3, -0.25) is 9.89 Å². The number of aryl methyl sites for hydroxylation is 1. The molecule has 1 saturated heterocycles. The summed E-state index contributed by atoms with van der Waals surface area (Å²) >= 11 is 0. The van der Waals surface area contributed by atoms with Crippen LogP contribution in [-0.2, 0) is 17.8 Å². The number of benzene rings is 1. The molecule has 0 bridgehead atoms. The quantitative estimate of drug-likeness (QED) is 0.793. The van der Waals surface area contributed by atoms with Gasteiger partial charge >= 0.3 is 0 Å². The molecular weight excluding hydrogens is 328 g/mol. The number of nitrogens with zero attached hydrogens (tertiary/aromatic N) is 3. The second-order valence-electron chi connectivity index (χ2n) is 7.45. The summed E-state index contributed by atoms with van der Waals surface area (Å²) in [5.74, 6) is -0.152. The maximum Gasteiger partial charge on any atom is 0.256 e. The number of aromatic nitrogens is 2. The lowest BCUT2D eigenvalue weighted by Gasteiger charge is -2.40. The topological polar surface area (TPSA) is 72.5 Å². The predicted molar refractivity (Wildman–Crippen MR) is 101 cm³/mol. The highest BCUT2D eigenvalue weighted by Crippen LogP contribution is 2.25. The van der Waals surface area contributed by atoms with E-state index in [1.807, 2.05) is 43.3 Å². The van der Waals surface area contributed by atoms with Crippen molar-refractivity contribution >= 4 is 5.91 Å². The van der Waals surface area contributed by atoms with Crippen molar-refractivity contribution in [2.75, 3.05) is 26.7 Å². The maximum absolute atomic E-state index is 12.9. The highest BCUT2D eigenvalue weighted by atomic mass is 16.3. The van der Waals surface area contributed by atoms with E-state index in [2.05, 4.69) is 16.3 Å². The number of likely N-dealkylation sites (tertiary alicyclic amines) is 1. The van der Waals surface area contributed by atoms with Crippen LogP contribution in [0.25, 0.3) is 0 Å². The summed E-state index contributed by atoms with van der Waals surface area (Å²) in [6.07, 6.45) is 5.86. The number of nitrogens with one attached hydrogen (secondary N) is 1. The van der Waals surface area contributed by atoms with Crippen molar-refractivity contribution < 1.29 is 9.90 Å². The molecule has 0 aliphatic carbocycles. The van der Waals surface area contributed by atoms with Gasteiger partial charge in [-0.2, -0.15) is 5.10 Å². The lowest BCUT2D eigenvalue weighted by molar-refractivity contribution is -0.159. The van der Waals surface area contributed by atoms with Gasteiger partial charge < -0.3 is 14.9 Å². The van der Waals surface area contributed by atoms with Crippen LogP contribution in [0, 0.1) is 6.92 Å². The first-order valence-corrected chi connectivity index (χ1v) is 9.20. The number of carbonyl (C=O) groups excluding carboxylic acids is 1. The summed E-state index contributed by atoms with van der Waals surface area (Å²) in [5, 5.41) is 17.8. The predicted octanol–water partition coefficient (Wildman–Crippen LogP) is 1.75. The zero-order valence-electron chi connectivity index (χ0n) is 15.6. The summed E-state index contributed by atoms with van der Waals surface area (Å²) in [4.78, 5) is 16.8. The van der Waals surface area contributed by atoms with E-state index in [4.69, 9.17) is 0 Å². The van der Waals surface area contributed by atoms with E-state index < -0.39 is 5.60 Å². The molecule has 1 aromatic heterocycles. The first-order chi connectivity index (χ1) is 12.5. The van der Waals surface area contributed by atoms with Gasteiger partial charge in [-0.25, -0.2) is 0 Å². The van der Waals surface area contributed by atoms with Crippen molar-refractivity contribution in [2.24, 2.45) is 0 Å². The van der Waals surface area contributed by atoms with Gasteiger partial charge in [-0.1, -0.05) is 29.8 Å². The van der Waals surface area contributed by atoms with Crippen molar-refractivity contribution in [3.63, 3.8) is 0 Å². The van der Waals surface area contributed by atoms with Crippen molar-refractivity contribution in [1.82, 2.24) is 20.0 Å². The number of piperidine rings is 1. The standard InChI is InChI=1S/C20H28N4O2/c1-16-5-3-6-17(11-16)14-24-9-4-8-20(26,19(24)25)15-23(2)10-7-18-12-21-22-13-18/h3,5-6,11-13,26H,4,7-10,14-15H2,1-2H3,(H,21,22)/t20-/m1/s1. The molecule has 2 N–H and O–H groups in total. The number of likely N-dealkylation sites (N-methyl/N-ethyl adjacent to an activating group) is 1. The lowest BCUT2D eigenvalue weighted by Crippen LogP contribution is -2.58. The van der Waals surface area contributed by atoms with Crippen LogP contribution in [-0.4, -0.2) is 63.3 Å². The Morgan fingerprint density at radius 2 is 2.23 bits per heavy atom. The van der Waals surface area contributed by atoms with E-state index >= 15 is 0 Å². The summed E-state index contributed by atoms with van der Waals surface area (Å²) in [6, 6.07) is 8.19. The van der Waals surface area contributed by atoms with Crippen molar-refractivity contribution in [3.8, 4) is 0 Å². The third kappa shape index (κ3) is 4.51. The number of aliphatic hydroxyl groups is 1. The molecule has 0 radical (unpaired) electrons. The molecule has 1 atom stereocenters. The molecule has 26 heavy (non-hydrogen) atoms. The van der Waals surface area contributed by atoms with Crippen LogP contribution in [0.4, 0.5) is 0 Å². The minimum absolute atomic E-state index is 0.152. The summed E-state index contributed by atoms with van der Waals surface area (Å²) in [5.41, 5.74) is 2.12. The minimum Gasteiger partial charge on any atom is -0.379 e. The second-order valence-corrected chi connectivity index (χ2v) is 7.45. The highest BCUT2D eigenvalue weighted by molar-refractivity contribution is 5.86. The number of aromatic amines is 1. The number of H-pyrrole nitrogens is 1. The number of carbonyl (C=O) groups is 1. The third-order valence-electron chi connectivity index (χ3n) is 5.03. The van der Waals surface area contributed by atoms with E-state index in [1.165, 1.54) is 5.56 Å². The number of hydrogen-bond donors (Lipinski definition) is 2. The molecule has 2 aromatic rings. The molecule has 6 nitrogen and oxygen atoms in total. The second kappa shape index (κ2) is 8.01. The van der Waals surface area contributed by atoms with Crippen LogP contribution in [0.1, 0.15) is 29.5 Å². The average Bonchev–Trinajstić information content (AvgIpc) is 3.11. The number of amides is 1. The lowest BCUT2D eigenvalue weighted by atomic mass is 9.90. The molecule has 140 valence electrons. The molecule has 1 aliphatic heterocycles. The van der Waals surface area contributed by atoms with Crippen molar-refractivity contribution in [2.45, 2.75) is 38.3 Å². The molecule has 0 spiro atoms. The Labute approximate surface area is 154 Å². The van der Waals surface area contributed by atoms with Crippen molar-refractivity contribution in [3.05, 3.63) is 53.3 Å². The normalized spacial score (nSPS) is 20.8. The first kappa shape index (κ1) is 18.6. The fraction of sp³-hybridized carbons (Fsp3) is 0.500. The van der Waals surface area contributed by atoms with E-state index in [0.717, 1.165) is 30.5 Å². The molecule has 6 heteroatoms. The Morgan fingerprint density at radius 3 is 2.96 bits per heavy atom. The smallest absolute Gasteiger partial charge is 0.256 e. The highest BCUT2D eigenvalue weighted by Gasteiger charge is 2.42. The van der Waals surface area contributed by atoms with Gasteiger partial charge in [-0.15, -0.1) is 0 Å². The molecule has 2 heterocycles. The SMILES string of the molecule is Cc1cccc(CN2CCC[C@@](O)(CN(C)CCc3cn[nH]c3)C2=O)c1. The zero-order chi connectivity index (χ0) is 18.6. The van der Waals surface area contributed by atoms with Crippen LogP contribution in [0.2, 0.25) is 0 Å². The molecule has 1 aliphatic rings. The summed E-state index contributed by atoms with van der Waals surface area (Å²) in [7, 11) is 1.95. The molecule has 1 amide bonds. The van der Waals surface area contributed by atoms with Gasteiger partial charge in [0.05, 0.1) is 6.20 Å². The number of hydrogen-bond acceptors (Lipinski definition) is 4. The van der Waals surface area contributed by atoms with Crippen molar-refractivity contribution in [1.29, 1.82) is 0 Å². The van der Waals surface area contributed by atoms with Gasteiger partial charge in [0, 0.05) is 32.4 Å². The molecule has 1 aromatic carbocycles. The molecular formula is C20H28N4O2. The summed E-state index contributed by atoms with van der Waals surface area (Å²) < 4.78 is 0. The summed E-state index contributed by atoms with van der Waals surface area (Å²) in [6.45, 7) is 4.43. The van der Waals surface area contributed by atoms with Crippen LogP contribution in [0.5, 0.6) is 0 Å². The Hall–Kier alpha value is -2.18. The Balaban J connectivity index is 1.59. The van der Waals surface area contributed by atoms with Crippen LogP contribution in [0.15, 0.2) is 36.7 Å². The van der Waals surface area contributed by atoms with Gasteiger partial charge in [0.2, 0.25) is 0 Å². The molecule has 0 unspecified atom stereocenters. The van der Waals surface area contributed by atoms with Gasteiger partial charge in [-0.05, 0) is 44.4 Å². The van der Waals surface area contributed by atoms with Gasteiger partial charge in [0.15, 0.2) is 5.60 Å². The molecule has 0 saturated carbocycles. The van der Waals surface area contributed by atoms with E-state index in [9.17, 15) is 9.90 Å². The fourth-order valence-corrected chi connectivity index (χ4v) is 3.65. The largest absolute Gasteiger partial charge is 0.379 e. The first-order valence-electron chi connectivity index (χ1n) is 9.20. The van der Waals surface area contributed by atoms with E-state index in [0.29, 0.717) is 26.1 Å². The van der Waals surface area contributed by atoms with Crippen LogP contribution in [0.3, 0.4) is 0 Å². The van der Waals surface area contributed by atoms with Crippen LogP contribution >= 0.6 is 0 Å². The zero-order valence-corrected chi connectivity index (χ0v) is 15.6. The monoisotopic (exact) mass is 356 g/mol. The minimum atomic E-state index is -1.30. The Kier molecular flexibility index (Phi) is 5.74. The molecule has 1 fully saturated rings. The van der Waals surface area contributed by atoms with Gasteiger partial charge in [0.25, 0.3) is 5.91 Å². The number of rotatable bonds is 7. The maximum atomic E-state index is 12.9. The fourth-order valence-electron chi connectivity index (χ4n) is 3.65. The van der Waals surface area contributed by atoms with Crippen LogP contribution < -0.4 is 0 Å². The van der Waals surface area contributed by atoms with Gasteiger partial charge in [0.1, 0.15) is 0 Å². The third-order valence-corrected chi connectivity index (χ3v) is 5.03. The Morgan fingerprint density at radius 1 is 1.38 bits per heavy atom. The molecule has 3 rings (SSSR count).